The molecule has 136 valence electrons. The van der Waals surface area contributed by atoms with Crippen LogP contribution in [-0.2, 0) is 16.1 Å². The number of nitrogens with zero attached hydrogens (tertiary/aromatic N) is 2. The number of esters is 1. The smallest absolute Gasteiger partial charge is 0.331 e. The van der Waals surface area contributed by atoms with Crippen LogP contribution in [0.1, 0.15) is 17.0 Å². The average Bonchev–Trinajstić information content (AvgIpc) is 3.06. The van der Waals surface area contributed by atoms with Crippen molar-refractivity contribution in [3.63, 3.8) is 0 Å². The summed E-state index contributed by atoms with van der Waals surface area (Å²) >= 11 is 0. The molecular weight excluding hydrogens is 348 g/mol. The van der Waals surface area contributed by atoms with Crippen LogP contribution in [-0.4, -0.2) is 15.9 Å². The lowest BCUT2D eigenvalue weighted by molar-refractivity contribution is -0.384. The van der Waals surface area contributed by atoms with Gasteiger partial charge in [-0.2, -0.15) is 0 Å². The fourth-order valence-corrected chi connectivity index (χ4v) is 2.36. The number of ether oxygens (including phenoxy) is 1. The first-order valence-electron chi connectivity index (χ1n) is 8.14. The Kier molecular flexibility index (Phi) is 5.41. The number of hydrogen-bond acceptors (Lipinski definition) is 6. The molecule has 0 bridgehead atoms. The molecule has 0 spiro atoms. The van der Waals surface area contributed by atoms with Gasteiger partial charge in [0.2, 0.25) is 5.89 Å². The van der Waals surface area contributed by atoms with Gasteiger partial charge in [0.05, 0.1) is 4.92 Å². The Morgan fingerprint density at radius 3 is 2.74 bits per heavy atom. The standard InChI is InChI=1S/C20H16N2O5/c1-14-18(21-20(27-14)16-7-3-2-4-8-16)13-26-19(23)11-10-15-6-5-9-17(12-15)22(24)25/h2-12H,13H2,1H3. The Morgan fingerprint density at radius 2 is 2.00 bits per heavy atom. The van der Waals surface area contributed by atoms with E-state index in [0.29, 0.717) is 22.9 Å². The van der Waals surface area contributed by atoms with E-state index < -0.39 is 10.9 Å². The van der Waals surface area contributed by atoms with Crippen LogP contribution in [0.15, 0.2) is 65.1 Å². The number of rotatable bonds is 6. The summed E-state index contributed by atoms with van der Waals surface area (Å²) in [5.41, 5.74) is 1.86. The van der Waals surface area contributed by atoms with Gasteiger partial charge in [-0.25, -0.2) is 9.78 Å². The Labute approximate surface area is 155 Å². The molecule has 0 saturated carbocycles. The zero-order valence-corrected chi connectivity index (χ0v) is 14.5. The van der Waals surface area contributed by atoms with E-state index in [4.69, 9.17) is 9.15 Å². The summed E-state index contributed by atoms with van der Waals surface area (Å²) in [6.45, 7) is 1.72. The highest BCUT2D eigenvalue weighted by molar-refractivity contribution is 5.87. The van der Waals surface area contributed by atoms with Gasteiger partial charge < -0.3 is 9.15 Å². The predicted octanol–water partition coefficient (Wildman–Crippen LogP) is 4.31. The van der Waals surface area contributed by atoms with Gasteiger partial charge in [0.1, 0.15) is 18.1 Å². The molecule has 1 aromatic heterocycles. The summed E-state index contributed by atoms with van der Waals surface area (Å²) in [6.07, 6.45) is 2.67. The van der Waals surface area contributed by atoms with E-state index in [2.05, 4.69) is 4.98 Å². The lowest BCUT2D eigenvalue weighted by Crippen LogP contribution is -2.02. The number of hydrogen-bond donors (Lipinski definition) is 0. The molecule has 0 fully saturated rings. The monoisotopic (exact) mass is 364 g/mol. The van der Waals surface area contributed by atoms with Crippen molar-refractivity contribution in [2.45, 2.75) is 13.5 Å². The topological polar surface area (TPSA) is 95.5 Å². The lowest BCUT2D eigenvalue weighted by atomic mass is 10.2. The molecule has 0 amide bonds. The Hall–Kier alpha value is -3.74. The quantitative estimate of drug-likeness (QED) is 0.280. The normalized spacial score (nSPS) is 10.9. The highest BCUT2D eigenvalue weighted by Crippen LogP contribution is 2.22. The fourth-order valence-electron chi connectivity index (χ4n) is 2.36. The zero-order valence-electron chi connectivity index (χ0n) is 14.5. The molecule has 0 aliphatic carbocycles. The Bertz CT molecular complexity index is 993. The fraction of sp³-hybridized carbons (Fsp3) is 0.100. The van der Waals surface area contributed by atoms with Crippen molar-refractivity contribution in [2.24, 2.45) is 0 Å². The molecule has 7 heteroatoms. The number of carbonyl (C=O) groups is 1. The third kappa shape index (κ3) is 4.66. The lowest BCUT2D eigenvalue weighted by Gasteiger charge is -1.99. The van der Waals surface area contributed by atoms with Crippen molar-refractivity contribution in [3.05, 3.63) is 87.8 Å². The van der Waals surface area contributed by atoms with E-state index in [0.717, 1.165) is 5.56 Å². The van der Waals surface area contributed by atoms with Crippen LogP contribution < -0.4 is 0 Å². The molecule has 0 N–H and O–H groups in total. The van der Waals surface area contributed by atoms with Gasteiger partial charge in [-0.15, -0.1) is 0 Å². The summed E-state index contributed by atoms with van der Waals surface area (Å²) in [7, 11) is 0. The van der Waals surface area contributed by atoms with E-state index in [-0.39, 0.29) is 12.3 Å². The number of benzene rings is 2. The molecule has 0 atom stereocenters. The maximum absolute atomic E-state index is 11.9. The van der Waals surface area contributed by atoms with Crippen LogP contribution in [0, 0.1) is 17.0 Å². The zero-order chi connectivity index (χ0) is 19.2. The second-order valence-corrected chi connectivity index (χ2v) is 5.68. The molecule has 0 saturated heterocycles. The second kappa shape index (κ2) is 8.09. The van der Waals surface area contributed by atoms with Crippen LogP contribution in [0.2, 0.25) is 0 Å². The summed E-state index contributed by atoms with van der Waals surface area (Å²) < 4.78 is 10.8. The third-order valence-corrected chi connectivity index (χ3v) is 3.76. The van der Waals surface area contributed by atoms with Crippen LogP contribution >= 0.6 is 0 Å². The first-order chi connectivity index (χ1) is 13.0. The Morgan fingerprint density at radius 1 is 1.22 bits per heavy atom. The van der Waals surface area contributed by atoms with Crippen molar-refractivity contribution in [3.8, 4) is 11.5 Å². The largest absolute Gasteiger partial charge is 0.456 e. The minimum atomic E-state index is -0.579. The van der Waals surface area contributed by atoms with Crippen molar-refractivity contribution in [2.75, 3.05) is 0 Å². The van der Waals surface area contributed by atoms with Gasteiger partial charge in [-0.05, 0) is 30.7 Å². The SMILES string of the molecule is Cc1oc(-c2ccccc2)nc1COC(=O)C=Cc1cccc([N+](=O)[O-])c1. The molecule has 3 aromatic rings. The number of carbonyl (C=O) groups excluding carboxylic acids is 1. The molecule has 7 nitrogen and oxygen atoms in total. The number of aromatic nitrogens is 1. The minimum Gasteiger partial charge on any atom is -0.456 e. The predicted molar refractivity (Wildman–Crippen MR) is 98.6 cm³/mol. The number of oxazole rings is 1. The van der Waals surface area contributed by atoms with Crippen molar-refractivity contribution < 1.29 is 18.9 Å². The first-order valence-corrected chi connectivity index (χ1v) is 8.14. The van der Waals surface area contributed by atoms with Crippen molar-refractivity contribution >= 4 is 17.7 Å². The van der Waals surface area contributed by atoms with Gasteiger partial charge in [-0.1, -0.05) is 30.3 Å². The summed E-state index contributed by atoms with van der Waals surface area (Å²) in [5.74, 6) is 0.459. The summed E-state index contributed by atoms with van der Waals surface area (Å²) in [6, 6.07) is 15.4. The van der Waals surface area contributed by atoms with E-state index >= 15 is 0 Å². The molecule has 0 aliphatic rings. The molecular formula is C20H16N2O5. The summed E-state index contributed by atoms with van der Waals surface area (Å²) in [4.78, 5) is 26.5. The highest BCUT2D eigenvalue weighted by Gasteiger charge is 2.12. The average molecular weight is 364 g/mol. The highest BCUT2D eigenvalue weighted by atomic mass is 16.6. The van der Waals surface area contributed by atoms with Gasteiger partial charge in [0.25, 0.3) is 5.69 Å². The minimum absolute atomic E-state index is 0.0275. The Balaban J connectivity index is 1.62. The van der Waals surface area contributed by atoms with Crippen LogP contribution in [0.5, 0.6) is 0 Å². The molecule has 3 rings (SSSR count). The molecule has 1 heterocycles. The van der Waals surface area contributed by atoms with E-state index in [1.807, 2.05) is 30.3 Å². The van der Waals surface area contributed by atoms with Gasteiger partial charge >= 0.3 is 5.97 Å². The van der Waals surface area contributed by atoms with E-state index in [1.165, 1.54) is 24.3 Å². The van der Waals surface area contributed by atoms with Gasteiger partial charge in [0.15, 0.2) is 0 Å². The van der Waals surface area contributed by atoms with E-state index in [1.54, 1.807) is 19.1 Å². The summed E-state index contributed by atoms with van der Waals surface area (Å²) in [5, 5.41) is 10.8. The number of non-ortho nitro benzene ring substituents is 1. The maximum Gasteiger partial charge on any atom is 0.331 e. The number of aryl methyl sites for hydroxylation is 1. The van der Waals surface area contributed by atoms with E-state index in [9.17, 15) is 14.9 Å². The van der Waals surface area contributed by atoms with Crippen LogP contribution in [0.25, 0.3) is 17.5 Å². The van der Waals surface area contributed by atoms with Gasteiger partial charge in [-0.3, -0.25) is 10.1 Å². The molecule has 0 aliphatic heterocycles. The van der Waals surface area contributed by atoms with Gasteiger partial charge in [0, 0.05) is 23.8 Å². The molecule has 2 aromatic carbocycles. The second-order valence-electron chi connectivity index (χ2n) is 5.68. The van der Waals surface area contributed by atoms with Crippen LogP contribution in [0.4, 0.5) is 5.69 Å². The molecule has 27 heavy (non-hydrogen) atoms. The number of nitro benzene ring substituents is 1. The third-order valence-electron chi connectivity index (χ3n) is 3.76. The molecule has 0 radical (unpaired) electrons. The van der Waals surface area contributed by atoms with Crippen molar-refractivity contribution in [1.29, 1.82) is 0 Å². The van der Waals surface area contributed by atoms with Crippen molar-refractivity contribution in [1.82, 2.24) is 4.98 Å². The van der Waals surface area contributed by atoms with Crippen LogP contribution in [0.3, 0.4) is 0 Å². The number of nitro groups is 1. The molecule has 0 unspecified atom stereocenters. The maximum atomic E-state index is 11.9. The first kappa shape index (κ1) is 18.1.